The fourth-order valence-electron chi connectivity index (χ4n) is 1.86. The first-order valence-electron chi connectivity index (χ1n) is 6.25. The molecule has 0 heterocycles. The maximum Gasteiger partial charge on any atom is 2.00 e. The third-order valence-corrected chi connectivity index (χ3v) is 2.84. The van der Waals surface area contributed by atoms with Crippen molar-refractivity contribution >= 4 is 0 Å². The Labute approximate surface area is 130 Å². The third kappa shape index (κ3) is 4.65. The first-order chi connectivity index (χ1) is 9.29. The van der Waals surface area contributed by atoms with Crippen LogP contribution in [0.4, 0.5) is 0 Å². The van der Waals surface area contributed by atoms with Crippen molar-refractivity contribution in [1.29, 1.82) is 0 Å². The van der Waals surface area contributed by atoms with E-state index >= 15 is 0 Å². The number of rotatable bonds is 1. The second-order valence-corrected chi connectivity index (χ2v) is 4.38. The molecular weight excluding hydrogens is 288 g/mol. The molecule has 102 valence electrons. The van der Waals surface area contributed by atoms with Gasteiger partial charge in [0.1, 0.15) is 0 Å². The minimum absolute atomic E-state index is 0. The Morgan fingerprint density at radius 2 is 1.80 bits per heavy atom. The number of aryl methyl sites for hydroxylation is 1. The Kier molecular flexibility index (Phi) is 6.72. The van der Waals surface area contributed by atoms with Crippen molar-refractivity contribution in [2.75, 3.05) is 0 Å². The van der Waals surface area contributed by atoms with Crippen molar-refractivity contribution in [2.45, 2.75) is 6.92 Å². The standard InChI is InChI=1S/C12H11.C6H6O.Fe/c1-10-5-4-8-12(9-10)11-6-2-3-7-11;7-5-6-3-1-2-4-6;/h2-9H,1H3;1-5,7H;/q-1;;+2/p-1. The minimum atomic E-state index is 0. The van der Waals surface area contributed by atoms with Gasteiger partial charge in [-0.25, -0.2) is 0 Å². The summed E-state index contributed by atoms with van der Waals surface area (Å²) in [7, 11) is 0. The quantitative estimate of drug-likeness (QED) is 0.447. The predicted molar refractivity (Wildman–Crippen MR) is 78.6 cm³/mol. The molecule has 0 radical (unpaired) electrons. The van der Waals surface area contributed by atoms with Gasteiger partial charge in [-0.05, 0) is 12.5 Å². The molecule has 1 aliphatic carbocycles. The first-order valence-corrected chi connectivity index (χ1v) is 6.25. The molecule has 0 fully saturated rings. The molecule has 1 aliphatic rings. The van der Waals surface area contributed by atoms with Crippen molar-refractivity contribution in [3.05, 3.63) is 90.2 Å². The molecule has 2 aromatic carbocycles. The van der Waals surface area contributed by atoms with E-state index in [0.717, 1.165) is 11.8 Å². The molecule has 20 heavy (non-hydrogen) atoms. The summed E-state index contributed by atoms with van der Waals surface area (Å²) in [5, 5.41) is 9.87. The summed E-state index contributed by atoms with van der Waals surface area (Å²) in [6, 6.07) is 17.0. The number of allylic oxidation sites excluding steroid dienone is 5. The van der Waals surface area contributed by atoms with Crippen molar-refractivity contribution in [3.63, 3.8) is 0 Å². The molecule has 0 saturated heterocycles. The van der Waals surface area contributed by atoms with Crippen LogP contribution in [0.25, 0.3) is 11.1 Å². The fourth-order valence-corrected chi connectivity index (χ4v) is 1.86. The minimum Gasteiger partial charge on any atom is -0.877 e. The molecule has 0 unspecified atom stereocenters. The summed E-state index contributed by atoms with van der Waals surface area (Å²) in [5.41, 5.74) is 4.67. The van der Waals surface area contributed by atoms with Crippen LogP contribution in [0.2, 0.25) is 0 Å². The maximum absolute atomic E-state index is 9.87. The van der Waals surface area contributed by atoms with E-state index in [-0.39, 0.29) is 17.1 Å². The van der Waals surface area contributed by atoms with Crippen LogP contribution in [0.3, 0.4) is 0 Å². The summed E-state index contributed by atoms with van der Waals surface area (Å²) in [4.78, 5) is 0. The molecule has 0 saturated carbocycles. The van der Waals surface area contributed by atoms with E-state index in [1.807, 2.05) is 12.2 Å². The largest absolute Gasteiger partial charge is 2.00 e. The molecule has 0 N–H and O–H groups in total. The predicted octanol–water partition coefficient (Wildman–Crippen LogP) is 3.74. The van der Waals surface area contributed by atoms with Crippen LogP contribution >= 0.6 is 0 Å². The summed E-state index contributed by atoms with van der Waals surface area (Å²) in [6.07, 6.45) is 8.05. The zero-order valence-electron chi connectivity index (χ0n) is 11.3. The average molecular weight is 304 g/mol. The Morgan fingerprint density at radius 3 is 2.30 bits per heavy atom. The van der Waals surface area contributed by atoms with Gasteiger partial charge in [-0.1, -0.05) is 59.7 Å². The molecule has 2 heteroatoms. The fraction of sp³-hybridized carbons (Fsp3) is 0.0556. The van der Waals surface area contributed by atoms with E-state index in [1.54, 1.807) is 12.2 Å². The summed E-state index contributed by atoms with van der Waals surface area (Å²) < 4.78 is 0. The smallest absolute Gasteiger partial charge is 0.877 e. The van der Waals surface area contributed by atoms with Gasteiger partial charge in [-0.3, -0.25) is 0 Å². The van der Waals surface area contributed by atoms with E-state index in [4.69, 9.17) is 0 Å². The van der Waals surface area contributed by atoms with Crippen LogP contribution in [0.1, 0.15) is 5.56 Å². The van der Waals surface area contributed by atoms with Gasteiger partial charge in [0.05, 0.1) is 0 Å². The summed E-state index contributed by atoms with van der Waals surface area (Å²) >= 11 is 0. The van der Waals surface area contributed by atoms with Crippen molar-refractivity contribution < 1.29 is 22.2 Å². The SMILES string of the molecule is Cc1cccc(-c2ccc[cH-]2)c1.[Fe+2].[O-]C=C1C=CC=C1. The molecule has 0 aromatic heterocycles. The normalized spacial score (nSPS) is 11.6. The molecule has 2 aromatic rings. The number of hydrogen-bond donors (Lipinski definition) is 0. The first kappa shape index (κ1) is 16.2. The van der Waals surface area contributed by atoms with Crippen molar-refractivity contribution in [3.8, 4) is 11.1 Å². The van der Waals surface area contributed by atoms with E-state index in [1.165, 1.54) is 16.7 Å². The molecule has 0 amide bonds. The third-order valence-electron chi connectivity index (χ3n) is 2.84. The molecule has 3 rings (SSSR count). The zero-order chi connectivity index (χ0) is 13.5. The van der Waals surface area contributed by atoms with Gasteiger partial charge in [-0.15, -0.1) is 12.3 Å². The molecule has 0 bridgehead atoms. The Balaban J connectivity index is 0.000000216. The van der Waals surface area contributed by atoms with Crippen LogP contribution in [0, 0.1) is 6.92 Å². The Hall–Kier alpha value is -1.89. The Bertz CT molecular complexity index is 590. The molecule has 1 nitrogen and oxygen atoms in total. The average Bonchev–Trinajstić information content (AvgIpc) is 3.13. The molecule has 0 atom stereocenters. The summed E-state index contributed by atoms with van der Waals surface area (Å²) in [6.45, 7) is 2.12. The molecule has 0 spiro atoms. The van der Waals surface area contributed by atoms with E-state index in [0.29, 0.717) is 0 Å². The zero-order valence-corrected chi connectivity index (χ0v) is 12.4. The molecular formula is C18H16FeO. The van der Waals surface area contributed by atoms with Gasteiger partial charge < -0.3 is 5.11 Å². The van der Waals surface area contributed by atoms with Gasteiger partial charge in [0, 0.05) is 0 Å². The monoisotopic (exact) mass is 304 g/mol. The van der Waals surface area contributed by atoms with Crippen molar-refractivity contribution in [2.24, 2.45) is 0 Å². The number of benzene rings is 1. The van der Waals surface area contributed by atoms with Crippen LogP contribution in [0.5, 0.6) is 0 Å². The Morgan fingerprint density at radius 1 is 1.05 bits per heavy atom. The van der Waals surface area contributed by atoms with E-state index in [9.17, 15) is 5.11 Å². The van der Waals surface area contributed by atoms with Crippen molar-refractivity contribution in [1.82, 2.24) is 0 Å². The van der Waals surface area contributed by atoms with Gasteiger partial charge >= 0.3 is 17.1 Å². The summed E-state index contributed by atoms with van der Waals surface area (Å²) in [5.74, 6) is 0. The van der Waals surface area contributed by atoms with Crippen LogP contribution in [-0.2, 0) is 17.1 Å². The number of hydrogen-bond acceptors (Lipinski definition) is 1. The van der Waals surface area contributed by atoms with E-state index < -0.39 is 0 Å². The van der Waals surface area contributed by atoms with Crippen LogP contribution < -0.4 is 5.11 Å². The van der Waals surface area contributed by atoms with Gasteiger partial charge in [-0.2, -0.15) is 23.8 Å². The van der Waals surface area contributed by atoms with Gasteiger partial charge in [0.15, 0.2) is 0 Å². The molecule has 0 aliphatic heterocycles. The van der Waals surface area contributed by atoms with Crippen LogP contribution in [0.15, 0.2) is 84.7 Å². The van der Waals surface area contributed by atoms with E-state index in [2.05, 4.69) is 55.5 Å². The second kappa shape index (κ2) is 8.31. The second-order valence-electron chi connectivity index (χ2n) is 4.38. The topological polar surface area (TPSA) is 23.1 Å². The van der Waals surface area contributed by atoms with Crippen LogP contribution in [-0.4, -0.2) is 0 Å². The maximum atomic E-state index is 9.87. The van der Waals surface area contributed by atoms with Gasteiger partial charge in [0.2, 0.25) is 0 Å². The van der Waals surface area contributed by atoms with Gasteiger partial charge in [0.25, 0.3) is 0 Å².